The van der Waals surface area contributed by atoms with Crippen LogP contribution in [0, 0.1) is 0 Å². The Bertz CT molecular complexity index is 651. The Hall–Kier alpha value is -2.15. The number of amides is 1. The van der Waals surface area contributed by atoms with E-state index in [4.69, 9.17) is 5.11 Å². The predicted octanol–water partition coefficient (Wildman–Crippen LogP) is 1.24. The molecule has 1 unspecified atom stereocenters. The zero-order chi connectivity index (χ0) is 16.0. The lowest BCUT2D eigenvalue weighted by Gasteiger charge is -2.14. The number of carbonyl (C=O) groups is 2. The maximum Gasteiger partial charge on any atom is 0.326 e. The third-order valence-electron chi connectivity index (χ3n) is 2.85. The van der Waals surface area contributed by atoms with Gasteiger partial charge < -0.3 is 10.4 Å². The second kappa shape index (κ2) is 7.03. The normalized spacial score (nSPS) is 12.4. The number of carboxylic acids is 1. The number of rotatable bonds is 7. The summed E-state index contributed by atoms with van der Waals surface area (Å²) in [7, 11) is -3.57. The highest BCUT2D eigenvalue weighted by molar-refractivity contribution is 7.91. The Labute approximate surface area is 123 Å². The molecule has 1 aromatic carbocycles. The summed E-state index contributed by atoms with van der Waals surface area (Å²) in [6.45, 7) is 4.90. The molecule has 2 N–H and O–H groups in total. The number of hydrogen-bond acceptors (Lipinski definition) is 4. The first-order chi connectivity index (χ1) is 9.83. The van der Waals surface area contributed by atoms with Gasteiger partial charge in [-0.3, -0.25) is 4.79 Å². The van der Waals surface area contributed by atoms with Crippen LogP contribution in [0.2, 0.25) is 0 Å². The molecule has 0 saturated carbocycles. The Balaban J connectivity index is 3.14. The van der Waals surface area contributed by atoms with E-state index in [-0.39, 0.29) is 22.6 Å². The lowest BCUT2D eigenvalue weighted by molar-refractivity contribution is -0.139. The minimum Gasteiger partial charge on any atom is -0.480 e. The summed E-state index contributed by atoms with van der Waals surface area (Å²) in [6, 6.07) is 4.57. The number of nitrogens with one attached hydrogen (secondary N) is 1. The summed E-state index contributed by atoms with van der Waals surface area (Å²) < 4.78 is 23.9. The molecule has 7 heteroatoms. The van der Waals surface area contributed by atoms with E-state index in [0.29, 0.717) is 0 Å². The quantitative estimate of drug-likeness (QED) is 0.738. The number of aliphatic carboxylic acids is 1. The molecule has 0 aliphatic carbocycles. The van der Waals surface area contributed by atoms with E-state index in [9.17, 15) is 18.0 Å². The maximum absolute atomic E-state index is 12.1. The first-order valence-electron chi connectivity index (χ1n) is 6.29. The summed E-state index contributed by atoms with van der Waals surface area (Å²) in [5.74, 6) is -2.09. The van der Waals surface area contributed by atoms with Crippen LogP contribution in [0.1, 0.15) is 23.7 Å². The zero-order valence-corrected chi connectivity index (χ0v) is 12.4. The van der Waals surface area contributed by atoms with Gasteiger partial charge in [0.1, 0.15) is 6.04 Å². The molecule has 0 bridgehead atoms. The van der Waals surface area contributed by atoms with E-state index in [1.165, 1.54) is 37.3 Å². The molecule has 1 amide bonds. The second-order valence-corrected chi connectivity index (χ2v) is 6.53. The van der Waals surface area contributed by atoms with Gasteiger partial charge in [-0.05, 0) is 18.6 Å². The minimum absolute atomic E-state index is 0.0454. The summed E-state index contributed by atoms with van der Waals surface area (Å²) in [4.78, 5) is 23.1. The Kier molecular flexibility index (Phi) is 5.66. The summed E-state index contributed by atoms with van der Waals surface area (Å²) in [5.41, 5.74) is -0.0605. The monoisotopic (exact) mass is 311 g/mol. The van der Waals surface area contributed by atoms with E-state index in [0.717, 1.165) is 0 Å². The number of carboxylic acid groups (broad SMARTS) is 1. The molecule has 0 saturated heterocycles. The molecule has 21 heavy (non-hydrogen) atoms. The van der Waals surface area contributed by atoms with E-state index < -0.39 is 27.8 Å². The van der Waals surface area contributed by atoms with Gasteiger partial charge in [-0.1, -0.05) is 25.1 Å². The van der Waals surface area contributed by atoms with E-state index in [2.05, 4.69) is 11.9 Å². The third-order valence-corrected chi connectivity index (χ3v) is 4.64. The molecular weight excluding hydrogens is 294 g/mol. The average molecular weight is 311 g/mol. The molecule has 1 atom stereocenters. The van der Waals surface area contributed by atoms with Crippen molar-refractivity contribution in [2.45, 2.75) is 24.3 Å². The van der Waals surface area contributed by atoms with Gasteiger partial charge in [-0.2, -0.15) is 0 Å². The smallest absolute Gasteiger partial charge is 0.326 e. The second-order valence-electron chi connectivity index (χ2n) is 4.29. The number of hydrogen-bond donors (Lipinski definition) is 2. The fraction of sp³-hybridized carbons (Fsp3) is 0.286. The van der Waals surface area contributed by atoms with Crippen LogP contribution in [0.25, 0.3) is 0 Å². The van der Waals surface area contributed by atoms with Crippen LogP contribution in [0.15, 0.2) is 41.8 Å². The van der Waals surface area contributed by atoms with Crippen LogP contribution in [-0.2, 0) is 14.6 Å². The number of sulfone groups is 1. The highest BCUT2D eigenvalue weighted by Crippen LogP contribution is 2.17. The molecule has 1 rings (SSSR count). The Morgan fingerprint density at radius 3 is 2.52 bits per heavy atom. The lowest BCUT2D eigenvalue weighted by atomic mass is 10.1. The molecule has 0 heterocycles. The highest BCUT2D eigenvalue weighted by atomic mass is 32.2. The van der Waals surface area contributed by atoms with E-state index in [1.807, 2.05) is 0 Å². The summed E-state index contributed by atoms with van der Waals surface area (Å²) >= 11 is 0. The molecule has 0 radical (unpaired) electrons. The van der Waals surface area contributed by atoms with Gasteiger partial charge in [-0.15, -0.1) is 6.58 Å². The van der Waals surface area contributed by atoms with Gasteiger partial charge in [0.05, 0.1) is 16.2 Å². The molecule has 6 nitrogen and oxygen atoms in total. The van der Waals surface area contributed by atoms with Gasteiger partial charge >= 0.3 is 5.97 Å². The van der Waals surface area contributed by atoms with Crippen molar-refractivity contribution < 1.29 is 23.1 Å². The number of carbonyl (C=O) groups excluding carboxylic acids is 1. The Morgan fingerprint density at radius 2 is 2.00 bits per heavy atom. The standard InChI is InChI=1S/C14H17NO5S/c1-3-7-11(14(17)18)15-13(16)10-8-5-6-9-12(10)21(19,20)4-2/h3,5-6,8-9,11H,1,4,7H2,2H3,(H,15,16)(H,17,18). The SMILES string of the molecule is C=CCC(NC(=O)c1ccccc1S(=O)(=O)CC)C(=O)O. The van der Waals surface area contributed by atoms with Crippen molar-refractivity contribution in [1.29, 1.82) is 0 Å². The largest absolute Gasteiger partial charge is 0.480 e. The number of benzene rings is 1. The topological polar surface area (TPSA) is 101 Å². The van der Waals surface area contributed by atoms with Crippen molar-refractivity contribution in [3.05, 3.63) is 42.5 Å². The van der Waals surface area contributed by atoms with E-state index >= 15 is 0 Å². The van der Waals surface area contributed by atoms with Gasteiger partial charge in [0.15, 0.2) is 9.84 Å². The lowest BCUT2D eigenvalue weighted by Crippen LogP contribution is -2.40. The van der Waals surface area contributed by atoms with Crippen molar-refractivity contribution in [3.63, 3.8) is 0 Å². The molecule has 114 valence electrons. The van der Waals surface area contributed by atoms with Gasteiger partial charge in [0.2, 0.25) is 0 Å². The molecule has 0 spiro atoms. The highest BCUT2D eigenvalue weighted by Gasteiger charge is 2.24. The van der Waals surface area contributed by atoms with Gasteiger partial charge in [0.25, 0.3) is 5.91 Å². The van der Waals surface area contributed by atoms with Gasteiger partial charge in [-0.25, -0.2) is 13.2 Å². The molecular formula is C14H17NO5S. The van der Waals surface area contributed by atoms with Crippen LogP contribution in [0.5, 0.6) is 0 Å². The molecule has 1 aromatic rings. The molecule has 0 fully saturated rings. The molecule has 0 aliphatic rings. The molecule has 0 aromatic heterocycles. The average Bonchev–Trinajstić information content (AvgIpc) is 2.46. The first kappa shape index (κ1) is 16.9. The van der Waals surface area contributed by atoms with Crippen molar-refractivity contribution in [3.8, 4) is 0 Å². The summed E-state index contributed by atoms with van der Waals surface area (Å²) in [5, 5.41) is 11.3. The minimum atomic E-state index is -3.57. The summed E-state index contributed by atoms with van der Waals surface area (Å²) in [6.07, 6.45) is 1.41. The Morgan fingerprint density at radius 1 is 1.38 bits per heavy atom. The fourth-order valence-electron chi connectivity index (χ4n) is 1.71. The van der Waals surface area contributed by atoms with Crippen molar-refractivity contribution in [1.82, 2.24) is 5.32 Å². The van der Waals surface area contributed by atoms with Gasteiger partial charge in [0, 0.05) is 0 Å². The van der Waals surface area contributed by atoms with Crippen molar-refractivity contribution in [2.75, 3.05) is 5.75 Å². The maximum atomic E-state index is 12.1. The fourth-order valence-corrected chi connectivity index (χ4v) is 2.80. The van der Waals surface area contributed by atoms with Crippen LogP contribution in [0.3, 0.4) is 0 Å². The third kappa shape index (κ3) is 4.16. The van der Waals surface area contributed by atoms with Crippen LogP contribution < -0.4 is 5.32 Å². The van der Waals surface area contributed by atoms with Crippen LogP contribution in [-0.4, -0.2) is 37.2 Å². The van der Waals surface area contributed by atoms with Crippen LogP contribution >= 0.6 is 0 Å². The predicted molar refractivity (Wildman–Crippen MR) is 77.9 cm³/mol. The first-order valence-corrected chi connectivity index (χ1v) is 7.95. The van der Waals surface area contributed by atoms with Crippen molar-refractivity contribution in [2.24, 2.45) is 0 Å². The van der Waals surface area contributed by atoms with Crippen molar-refractivity contribution >= 4 is 21.7 Å². The zero-order valence-electron chi connectivity index (χ0n) is 11.6. The molecule has 0 aliphatic heterocycles. The van der Waals surface area contributed by atoms with Crippen LogP contribution in [0.4, 0.5) is 0 Å². The van der Waals surface area contributed by atoms with E-state index in [1.54, 1.807) is 0 Å².